The van der Waals surface area contributed by atoms with Crippen LogP contribution in [0.5, 0.6) is 0 Å². The fourth-order valence-electron chi connectivity index (χ4n) is 2.98. The van der Waals surface area contributed by atoms with Crippen molar-refractivity contribution in [2.45, 2.75) is 31.6 Å². The summed E-state index contributed by atoms with van der Waals surface area (Å²) in [6, 6.07) is 9.97. The van der Waals surface area contributed by atoms with Crippen molar-refractivity contribution in [1.82, 2.24) is 0 Å². The van der Waals surface area contributed by atoms with Crippen LogP contribution in [-0.2, 0) is 21.2 Å². The van der Waals surface area contributed by atoms with E-state index in [2.05, 4.69) is 5.32 Å². The third-order valence-electron chi connectivity index (χ3n) is 4.76. The molecular weight excluding hydrogens is 403 g/mol. The maximum Gasteiger partial charge on any atom is 0.264 e. The molecule has 1 heterocycles. The fraction of sp³-hybridized carbons (Fsp3) is 0.350. The maximum atomic E-state index is 13.2. The number of halogens is 2. The number of hydrogen-bond donors (Lipinski definition) is 1. The Kier molecular flexibility index (Phi) is 5.68. The minimum absolute atomic E-state index is 0.0444. The zero-order valence-electron chi connectivity index (χ0n) is 15.7. The monoisotopic (exact) mass is 424 g/mol. The predicted octanol–water partition coefficient (Wildman–Crippen LogP) is 4.17. The molecule has 0 fully saturated rings. The Bertz CT molecular complexity index is 991. The molecule has 1 aliphatic rings. The third kappa shape index (κ3) is 4.00. The first kappa shape index (κ1) is 20.6. The van der Waals surface area contributed by atoms with Crippen molar-refractivity contribution in [3.63, 3.8) is 0 Å². The lowest BCUT2D eigenvalue weighted by Gasteiger charge is -2.31. The summed E-state index contributed by atoms with van der Waals surface area (Å²) in [6.45, 7) is 3.85. The van der Waals surface area contributed by atoms with Crippen molar-refractivity contribution >= 4 is 38.9 Å². The number of rotatable bonds is 5. The van der Waals surface area contributed by atoms with E-state index >= 15 is 0 Å². The summed E-state index contributed by atoms with van der Waals surface area (Å²) in [7, 11) is -3.79. The van der Waals surface area contributed by atoms with Crippen molar-refractivity contribution in [2.75, 3.05) is 22.0 Å². The van der Waals surface area contributed by atoms with Crippen molar-refractivity contribution < 1.29 is 17.6 Å². The van der Waals surface area contributed by atoms with Crippen LogP contribution < -0.4 is 9.62 Å². The second kappa shape index (κ2) is 7.72. The lowest BCUT2D eigenvalue weighted by Crippen LogP contribution is -2.35. The van der Waals surface area contributed by atoms with Gasteiger partial charge in [0.05, 0.1) is 16.0 Å². The highest BCUT2D eigenvalue weighted by atomic mass is 35.5. The Morgan fingerprint density at radius 2 is 1.89 bits per heavy atom. The van der Waals surface area contributed by atoms with Gasteiger partial charge in [0.15, 0.2) is 0 Å². The highest BCUT2D eigenvalue weighted by Gasteiger charge is 2.30. The number of nitrogens with zero attached hydrogens (tertiary/aromatic N) is 1. The molecule has 8 heteroatoms. The number of nitrogens with one attached hydrogen (secondary N) is 1. The van der Waals surface area contributed by atoms with Crippen LogP contribution in [-0.4, -0.2) is 26.7 Å². The molecule has 1 amide bonds. The molecule has 3 rings (SSSR count). The molecule has 0 aliphatic carbocycles. The van der Waals surface area contributed by atoms with E-state index in [4.69, 9.17) is 11.6 Å². The van der Waals surface area contributed by atoms with Crippen molar-refractivity contribution in [3.05, 3.63) is 53.8 Å². The summed E-state index contributed by atoms with van der Waals surface area (Å²) in [5.74, 6) is -0.500. The molecule has 0 saturated carbocycles. The average Bonchev–Trinajstić information content (AvgIpc) is 2.67. The van der Waals surface area contributed by atoms with Crippen LogP contribution in [0.25, 0.3) is 0 Å². The van der Waals surface area contributed by atoms with Gasteiger partial charge < -0.3 is 5.32 Å². The normalized spacial score (nSPS) is 14.5. The summed E-state index contributed by atoms with van der Waals surface area (Å²) < 4.78 is 40.5. The first-order valence-electron chi connectivity index (χ1n) is 8.94. The molecule has 1 aliphatic heterocycles. The topological polar surface area (TPSA) is 66.5 Å². The number of anilines is 2. The Balaban J connectivity index is 1.91. The zero-order valence-corrected chi connectivity index (χ0v) is 17.3. The molecule has 2 aromatic rings. The second-order valence-corrected chi connectivity index (χ2v) is 9.58. The van der Waals surface area contributed by atoms with Gasteiger partial charge in [-0.3, -0.25) is 9.10 Å². The number of fused-ring (bicyclic) bond motifs is 1. The van der Waals surface area contributed by atoms with Crippen LogP contribution in [0.2, 0.25) is 0 Å². The Labute approximate surface area is 169 Å². The molecule has 1 N–H and O–H groups in total. The molecular formula is C20H22ClFN2O3S. The van der Waals surface area contributed by atoms with Crippen LogP contribution >= 0.6 is 11.6 Å². The minimum atomic E-state index is -3.79. The standard InChI is InChI=1S/C20H22ClFN2O3S/c1-20(2,13-21)19(25)23-16-7-10-18-14(12-16)4-3-11-24(18)28(26,27)17-8-5-15(22)6-9-17/h5-10,12H,3-4,11,13H2,1-2H3,(H,23,25). The molecule has 2 aromatic carbocycles. The molecule has 0 radical (unpaired) electrons. The maximum absolute atomic E-state index is 13.2. The van der Waals surface area contributed by atoms with E-state index < -0.39 is 21.3 Å². The van der Waals surface area contributed by atoms with Gasteiger partial charge in [0, 0.05) is 18.1 Å². The van der Waals surface area contributed by atoms with Gasteiger partial charge in [-0.05, 0) is 74.7 Å². The Morgan fingerprint density at radius 3 is 2.54 bits per heavy atom. The predicted molar refractivity (Wildman–Crippen MR) is 109 cm³/mol. The number of carbonyl (C=O) groups is 1. The number of carbonyl (C=O) groups excluding carboxylic acids is 1. The van der Waals surface area contributed by atoms with Gasteiger partial charge >= 0.3 is 0 Å². The molecule has 0 aromatic heterocycles. The molecule has 0 spiro atoms. The van der Waals surface area contributed by atoms with E-state index in [9.17, 15) is 17.6 Å². The van der Waals surface area contributed by atoms with E-state index in [0.717, 1.165) is 17.7 Å². The van der Waals surface area contributed by atoms with Gasteiger partial charge in [0.1, 0.15) is 5.82 Å². The van der Waals surface area contributed by atoms with Crippen LogP contribution in [0.1, 0.15) is 25.8 Å². The van der Waals surface area contributed by atoms with E-state index in [1.54, 1.807) is 32.0 Å². The fourth-order valence-corrected chi connectivity index (χ4v) is 4.65. The van der Waals surface area contributed by atoms with Gasteiger partial charge in [0.25, 0.3) is 10.0 Å². The smallest absolute Gasteiger partial charge is 0.264 e. The highest BCUT2D eigenvalue weighted by molar-refractivity contribution is 7.92. The molecule has 0 unspecified atom stereocenters. The van der Waals surface area contributed by atoms with Crippen molar-refractivity contribution in [3.8, 4) is 0 Å². The molecule has 28 heavy (non-hydrogen) atoms. The number of hydrogen-bond acceptors (Lipinski definition) is 3. The SMILES string of the molecule is CC(C)(CCl)C(=O)Nc1ccc2c(c1)CCCN2S(=O)(=O)c1ccc(F)cc1. The molecule has 5 nitrogen and oxygen atoms in total. The van der Waals surface area contributed by atoms with Gasteiger partial charge in [-0.1, -0.05) is 0 Å². The van der Waals surface area contributed by atoms with Crippen molar-refractivity contribution in [2.24, 2.45) is 5.41 Å². The summed E-state index contributed by atoms with van der Waals surface area (Å²) in [4.78, 5) is 12.4. The Morgan fingerprint density at radius 1 is 1.21 bits per heavy atom. The van der Waals surface area contributed by atoms with E-state index in [1.165, 1.54) is 16.4 Å². The highest BCUT2D eigenvalue weighted by Crippen LogP contribution is 2.34. The summed E-state index contributed by atoms with van der Waals surface area (Å²) in [5.41, 5.74) is 1.29. The quantitative estimate of drug-likeness (QED) is 0.732. The van der Waals surface area contributed by atoms with Gasteiger partial charge in [-0.15, -0.1) is 11.6 Å². The average molecular weight is 425 g/mol. The number of sulfonamides is 1. The summed E-state index contributed by atoms with van der Waals surface area (Å²) in [6.07, 6.45) is 1.35. The summed E-state index contributed by atoms with van der Waals surface area (Å²) in [5, 5.41) is 2.84. The van der Waals surface area contributed by atoms with Crippen LogP contribution in [0.3, 0.4) is 0 Å². The van der Waals surface area contributed by atoms with Crippen LogP contribution in [0.4, 0.5) is 15.8 Å². The molecule has 150 valence electrons. The van der Waals surface area contributed by atoms with Gasteiger partial charge in [-0.2, -0.15) is 0 Å². The molecule has 0 atom stereocenters. The number of aryl methyl sites for hydroxylation is 1. The molecule has 0 bridgehead atoms. The molecule has 0 saturated heterocycles. The number of benzene rings is 2. The first-order chi connectivity index (χ1) is 13.1. The lowest BCUT2D eigenvalue weighted by molar-refractivity contribution is -0.122. The largest absolute Gasteiger partial charge is 0.326 e. The Hall–Kier alpha value is -2.12. The zero-order chi connectivity index (χ0) is 20.5. The lowest BCUT2D eigenvalue weighted by atomic mass is 9.95. The van der Waals surface area contributed by atoms with Crippen molar-refractivity contribution in [1.29, 1.82) is 0 Å². The summed E-state index contributed by atoms with van der Waals surface area (Å²) >= 11 is 5.85. The number of alkyl halides is 1. The van der Waals surface area contributed by atoms with E-state index in [0.29, 0.717) is 30.8 Å². The van der Waals surface area contributed by atoms with Crippen LogP contribution in [0.15, 0.2) is 47.4 Å². The minimum Gasteiger partial charge on any atom is -0.326 e. The number of amides is 1. The first-order valence-corrected chi connectivity index (χ1v) is 10.9. The second-order valence-electron chi connectivity index (χ2n) is 7.45. The van der Waals surface area contributed by atoms with Crippen LogP contribution in [0, 0.1) is 11.2 Å². The van der Waals surface area contributed by atoms with Gasteiger partial charge in [-0.25, -0.2) is 12.8 Å². The van der Waals surface area contributed by atoms with E-state index in [-0.39, 0.29) is 16.7 Å². The van der Waals surface area contributed by atoms with Gasteiger partial charge in [0.2, 0.25) is 5.91 Å². The third-order valence-corrected chi connectivity index (χ3v) is 7.26. The van der Waals surface area contributed by atoms with E-state index in [1.807, 2.05) is 0 Å².